The molecule has 1 aromatic carbocycles. The first-order chi connectivity index (χ1) is 15.0. The Balaban J connectivity index is 1.38. The van der Waals surface area contributed by atoms with Crippen LogP contribution in [0.15, 0.2) is 24.3 Å². The van der Waals surface area contributed by atoms with Gasteiger partial charge in [0.2, 0.25) is 5.91 Å². The Hall–Kier alpha value is -1.22. The lowest BCUT2D eigenvalue weighted by Gasteiger charge is -2.45. The minimum absolute atomic E-state index is 0.0747. The van der Waals surface area contributed by atoms with Crippen molar-refractivity contribution in [2.45, 2.75) is 50.2 Å². The Kier molecular flexibility index (Phi) is 7.85. The second kappa shape index (κ2) is 10.6. The number of aliphatic hydroxyl groups is 1. The third kappa shape index (κ3) is 6.18. The van der Waals surface area contributed by atoms with Gasteiger partial charge in [0, 0.05) is 50.3 Å². The number of likely N-dealkylation sites (N-methyl/N-ethyl adjacent to an activating group) is 1. The van der Waals surface area contributed by atoms with E-state index in [1.807, 2.05) is 23.1 Å². The summed E-state index contributed by atoms with van der Waals surface area (Å²) in [6.45, 7) is 5.41. The number of carbonyl (C=O) groups excluding carboxylic acids is 1. The molecule has 3 saturated heterocycles. The van der Waals surface area contributed by atoms with Crippen molar-refractivity contribution in [1.29, 1.82) is 0 Å². The molecule has 0 saturated carbocycles. The number of aliphatic hydroxyl groups excluding tert-OH is 1. The van der Waals surface area contributed by atoms with E-state index in [0.717, 1.165) is 44.6 Å². The highest BCUT2D eigenvalue weighted by molar-refractivity contribution is 6.30. The van der Waals surface area contributed by atoms with Crippen molar-refractivity contribution in [2.24, 2.45) is 0 Å². The molecule has 1 amide bonds. The van der Waals surface area contributed by atoms with Gasteiger partial charge in [-0.05, 0) is 37.6 Å². The van der Waals surface area contributed by atoms with Crippen LogP contribution in [0.5, 0.6) is 0 Å². The van der Waals surface area contributed by atoms with Crippen LogP contribution in [0, 0.1) is 0 Å². The maximum Gasteiger partial charge on any atom is 0.225 e. The van der Waals surface area contributed by atoms with Gasteiger partial charge in [0.25, 0.3) is 0 Å². The van der Waals surface area contributed by atoms with Gasteiger partial charge in [0.05, 0.1) is 37.9 Å². The molecule has 3 aliphatic heterocycles. The van der Waals surface area contributed by atoms with Crippen LogP contribution in [0.25, 0.3) is 0 Å². The zero-order valence-electron chi connectivity index (χ0n) is 18.3. The van der Waals surface area contributed by atoms with Crippen molar-refractivity contribution in [1.82, 2.24) is 14.7 Å². The van der Waals surface area contributed by atoms with Gasteiger partial charge < -0.3 is 24.4 Å². The number of hydrogen-bond donors (Lipinski definition) is 1. The van der Waals surface area contributed by atoms with E-state index in [1.54, 1.807) is 0 Å². The summed E-state index contributed by atoms with van der Waals surface area (Å²) in [7, 11) is 2.09. The third-order valence-corrected chi connectivity index (χ3v) is 6.86. The number of hydrogen-bond acceptors (Lipinski definition) is 6. The summed E-state index contributed by atoms with van der Waals surface area (Å²) >= 11 is 6.18. The molecular weight excluding hydrogens is 418 g/mol. The molecule has 4 rings (SSSR count). The maximum atomic E-state index is 12.8. The van der Waals surface area contributed by atoms with Gasteiger partial charge in [-0.1, -0.05) is 23.7 Å². The molecule has 3 fully saturated rings. The summed E-state index contributed by atoms with van der Waals surface area (Å²) in [5, 5.41) is 11.1. The summed E-state index contributed by atoms with van der Waals surface area (Å²) in [4.78, 5) is 19.3. The van der Waals surface area contributed by atoms with Gasteiger partial charge in [-0.15, -0.1) is 0 Å². The van der Waals surface area contributed by atoms with Gasteiger partial charge in [-0.3, -0.25) is 9.69 Å². The van der Waals surface area contributed by atoms with Gasteiger partial charge in [0.15, 0.2) is 0 Å². The number of halogens is 1. The minimum atomic E-state index is -0.531. The number of nitrogens with zero attached hydrogens (tertiary/aromatic N) is 3. The topological polar surface area (TPSA) is 65.5 Å². The first kappa shape index (κ1) is 23.0. The zero-order chi connectivity index (χ0) is 21.8. The summed E-state index contributed by atoms with van der Waals surface area (Å²) < 4.78 is 12.1. The molecule has 1 aromatic rings. The fraction of sp³-hybridized carbons (Fsp3) is 0.696. The van der Waals surface area contributed by atoms with Crippen LogP contribution < -0.4 is 0 Å². The maximum absolute atomic E-state index is 12.8. The van der Waals surface area contributed by atoms with E-state index in [9.17, 15) is 9.90 Å². The molecule has 172 valence electrons. The highest BCUT2D eigenvalue weighted by atomic mass is 35.5. The third-order valence-electron chi connectivity index (χ3n) is 6.62. The molecule has 4 atom stereocenters. The summed E-state index contributed by atoms with van der Waals surface area (Å²) in [6, 6.07) is 8.00. The molecular formula is C23H34ClN3O4. The van der Waals surface area contributed by atoms with E-state index < -0.39 is 6.10 Å². The Morgan fingerprint density at radius 3 is 2.77 bits per heavy atom. The average Bonchev–Trinajstić information content (AvgIpc) is 2.73. The number of benzene rings is 1. The highest BCUT2D eigenvalue weighted by Gasteiger charge is 2.38. The van der Waals surface area contributed by atoms with Gasteiger partial charge in [-0.25, -0.2) is 0 Å². The number of ether oxygens (including phenoxy) is 2. The Bertz CT molecular complexity index is 743. The molecule has 31 heavy (non-hydrogen) atoms. The van der Waals surface area contributed by atoms with Crippen LogP contribution in [0.3, 0.4) is 0 Å². The van der Waals surface area contributed by atoms with Crippen LogP contribution in [0.4, 0.5) is 0 Å². The van der Waals surface area contributed by atoms with Crippen molar-refractivity contribution >= 4 is 17.5 Å². The summed E-state index contributed by atoms with van der Waals surface area (Å²) in [5.74, 6) is 0.189. The van der Waals surface area contributed by atoms with Crippen molar-refractivity contribution in [3.05, 3.63) is 34.9 Å². The second-order valence-electron chi connectivity index (χ2n) is 9.08. The number of β-amino-alcohol motifs (C(OH)–C–C–N with tert-alkyl or cyclic N) is 1. The van der Waals surface area contributed by atoms with Crippen molar-refractivity contribution < 1.29 is 19.4 Å². The first-order valence-corrected chi connectivity index (χ1v) is 11.7. The van der Waals surface area contributed by atoms with E-state index in [-0.39, 0.29) is 24.2 Å². The van der Waals surface area contributed by atoms with Crippen molar-refractivity contribution in [2.75, 3.05) is 53.0 Å². The Labute approximate surface area is 189 Å². The second-order valence-corrected chi connectivity index (χ2v) is 9.52. The van der Waals surface area contributed by atoms with Crippen LogP contribution in [-0.4, -0.2) is 103 Å². The van der Waals surface area contributed by atoms with E-state index in [2.05, 4.69) is 22.9 Å². The van der Waals surface area contributed by atoms with Crippen LogP contribution >= 0.6 is 11.6 Å². The van der Waals surface area contributed by atoms with Crippen molar-refractivity contribution in [3.63, 3.8) is 0 Å². The molecule has 8 heteroatoms. The fourth-order valence-electron chi connectivity index (χ4n) is 4.88. The van der Waals surface area contributed by atoms with E-state index in [1.165, 1.54) is 0 Å². The van der Waals surface area contributed by atoms with E-state index in [0.29, 0.717) is 37.7 Å². The first-order valence-electron chi connectivity index (χ1n) is 11.3. The lowest BCUT2D eigenvalue weighted by atomic mass is 9.94. The fourth-order valence-corrected chi connectivity index (χ4v) is 5.09. The predicted octanol–water partition coefficient (Wildman–Crippen LogP) is 1.61. The normalized spacial score (nSPS) is 31.0. The van der Waals surface area contributed by atoms with E-state index in [4.69, 9.17) is 21.1 Å². The summed E-state index contributed by atoms with van der Waals surface area (Å²) in [6.07, 6.45) is 1.48. The molecule has 1 N–H and O–H groups in total. The molecule has 7 nitrogen and oxygen atoms in total. The smallest absolute Gasteiger partial charge is 0.225 e. The zero-order valence-corrected chi connectivity index (χ0v) is 19.0. The quantitative estimate of drug-likeness (QED) is 0.750. The van der Waals surface area contributed by atoms with Gasteiger partial charge in [-0.2, -0.15) is 0 Å². The lowest BCUT2D eigenvalue weighted by Crippen LogP contribution is -2.55. The Morgan fingerprint density at radius 1 is 1.19 bits per heavy atom. The lowest BCUT2D eigenvalue weighted by molar-refractivity contribution is -0.161. The molecule has 0 radical (unpaired) electrons. The molecule has 0 aromatic heterocycles. The number of carbonyl (C=O) groups is 1. The number of piperazine rings is 1. The molecule has 3 aliphatic rings. The predicted molar refractivity (Wildman–Crippen MR) is 119 cm³/mol. The van der Waals surface area contributed by atoms with Crippen LogP contribution in [-0.2, 0) is 20.8 Å². The van der Waals surface area contributed by atoms with Crippen molar-refractivity contribution in [3.8, 4) is 0 Å². The molecule has 0 spiro atoms. The largest absolute Gasteiger partial charge is 0.389 e. The standard InChI is InChI=1S/C23H34ClN3O4/c1-25-7-9-26(10-8-25)23(29)12-20-5-6-21-22(31-20)16-30-15-19(28)14-27(21)13-17-3-2-4-18(24)11-17/h2-4,11,19-22,28H,5-10,12-16H2,1H3/t19-,20-,21+,22-/m0/s1. The summed E-state index contributed by atoms with van der Waals surface area (Å²) in [5.41, 5.74) is 1.12. The number of amides is 1. The average molecular weight is 452 g/mol. The Morgan fingerprint density at radius 2 is 2.00 bits per heavy atom. The van der Waals surface area contributed by atoms with Crippen LogP contribution in [0.1, 0.15) is 24.8 Å². The van der Waals surface area contributed by atoms with E-state index >= 15 is 0 Å². The van der Waals surface area contributed by atoms with Crippen LogP contribution in [0.2, 0.25) is 5.02 Å². The monoisotopic (exact) mass is 451 g/mol. The highest BCUT2D eigenvalue weighted by Crippen LogP contribution is 2.29. The van der Waals surface area contributed by atoms with Gasteiger partial charge in [0.1, 0.15) is 0 Å². The molecule has 3 heterocycles. The SMILES string of the molecule is CN1CCN(C(=O)C[C@@H]2CC[C@@H]3[C@H](COC[C@@H](O)CN3Cc3cccc(Cl)c3)O2)CC1. The van der Waals surface area contributed by atoms with Gasteiger partial charge >= 0.3 is 0 Å². The molecule has 0 bridgehead atoms. The number of rotatable bonds is 4. The minimum Gasteiger partial charge on any atom is -0.389 e. The molecule has 0 unspecified atom stereocenters. The number of fused-ring (bicyclic) bond motifs is 1. The molecule has 0 aliphatic carbocycles.